The molecule has 144 valence electrons. The molecule has 4 rings (SSSR count). The summed E-state index contributed by atoms with van der Waals surface area (Å²) in [4.78, 5) is 6.69. The maximum absolute atomic E-state index is 5.77. The van der Waals surface area contributed by atoms with Crippen molar-refractivity contribution >= 4 is 17.5 Å². The molecule has 2 aromatic rings. The van der Waals surface area contributed by atoms with Gasteiger partial charge >= 0.3 is 0 Å². The van der Waals surface area contributed by atoms with Crippen LogP contribution in [-0.4, -0.2) is 61.5 Å². The van der Waals surface area contributed by atoms with E-state index in [-0.39, 0.29) is 0 Å². The Morgan fingerprint density at radius 1 is 1.11 bits per heavy atom. The van der Waals surface area contributed by atoms with Crippen molar-refractivity contribution < 1.29 is 18.9 Å². The van der Waals surface area contributed by atoms with Crippen LogP contribution in [0.2, 0.25) is 0 Å². The number of anilines is 3. The molecule has 3 heterocycles. The van der Waals surface area contributed by atoms with Crippen LogP contribution in [0.25, 0.3) is 0 Å². The topological polar surface area (TPSA) is 90.9 Å². The molecule has 0 radical (unpaired) electrons. The Kier molecular flexibility index (Phi) is 4.95. The van der Waals surface area contributed by atoms with Gasteiger partial charge in [-0.05, 0) is 12.1 Å². The van der Waals surface area contributed by atoms with Crippen LogP contribution in [0, 0.1) is 0 Å². The highest BCUT2D eigenvalue weighted by Crippen LogP contribution is 2.33. The molecule has 9 nitrogen and oxygen atoms in total. The molecular weight excluding hydrogens is 350 g/mol. The number of benzene rings is 1. The van der Waals surface area contributed by atoms with Crippen molar-refractivity contribution in [1.29, 1.82) is 0 Å². The number of methoxy groups -OCH3 is 2. The largest absolute Gasteiger partial charge is 0.497 e. The molecule has 2 aliphatic heterocycles. The number of piperidine rings is 1. The first-order chi connectivity index (χ1) is 13.2. The predicted octanol–water partition coefficient (Wildman–Crippen LogP) is 1.98. The first-order valence-corrected chi connectivity index (χ1v) is 8.93. The van der Waals surface area contributed by atoms with Gasteiger partial charge in [0.25, 0.3) is 0 Å². The minimum Gasteiger partial charge on any atom is -0.497 e. The van der Waals surface area contributed by atoms with E-state index in [4.69, 9.17) is 18.9 Å². The summed E-state index contributed by atoms with van der Waals surface area (Å²) in [5.41, 5.74) is 0.773. The molecular formula is C18H23N5O4. The Balaban J connectivity index is 1.47. The molecule has 1 spiro atoms. The number of nitrogens with zero attached hydrogens (tertiary/aromatic N) is 4. The van der Waals surface area contributed by atoms with Gasteiger partial charge in [0.2, 0.25) is 5.95 Å². The Labute approximate surface area is 157 Å². The van der Waals surface area contributed by atoms with E-state index in [1.165, 1.54) is 0 Å². The van der Waals surface area contributed by atoms with Crippen molar-refractivity contribution in [2.75, 3.05) is 50.7 Å². The van der Waals surface area contributed by atoms with Gasteiger partial charge in [-0.1, -0.05) is 0 Å². The molecule has 27 heavy (non-hydrogen) atoms. The molecule has 0 bridgehead atoms. The zero-order valence-electron chi connectivity index (χ0n) is 15.5. The molecule has 2 fully saturated rings. The zero-order chi connectivity index (χ0) is 18.7. The fraction of sp³-hybridized carbons (Fsp3) is 0.500. The number of hydrogen-bond acceptors (Lipinski definition) is 9. The van der Waals surface area contributed by atoms with Gasteiger partial charge in [-0.3, -0.25) is 0 Å². The molecule has 0 amide bonds. The van der Waals surface area contributed by atoms with Crippen molar-refractivity contribution in [3.05, 3.63) is 24.4 Å². The van der Waals surface area contributed by atoms with Gasteiger partial charge in [0, 0.05) is 32.0 Å². The molecule has 1 aromatic carbocycles. The molecule has 0 atom stereocenters. The van der Waals surface area contributed by atoms with E-state index in [1.807, 2.05) is 18.2 Å². The van der Waals surface area contributed by atoms with Gasteiger partial charge in [0.1, 0.15) is 11.5 Å². The maximum Gasteiger partial charge on any atom is 0.247 e. The van der Waals surface area contributed by atoms with Gasteiger partial charge in [-0.2, -0.15) is 10.1 Å². The SMILES string of the molecule is COc1ccc(Nc2cnnc(N3CCC4(CC3)OCCO4)n2)c(OC)c1. The minimum absolute atomic E-state index is 0.420. The third kappa shape index (κ3) is 3.74. The Bertz CT molecular complexity index is 787. The van der Waals surface area contributed by atoms with E-state index in [0.29, 0.717) is 30.7 Å². The number of aromatic nitrogens is 3. The van der Waals surface area contributed by atoms with Crippen molar-refractivity contribution in [1.82, 2.24) is 15.2 Å². The van der Waals surface area contributed by atoms with E-state index in [9.17, 15) is 0 Å². The molecule has 0 saturated carbocycles. The fourth-order valence-electron chi connectivity index (χ4n) is 3.36. The van der Waals surface area contributed by atoms with Crippen LogP contribution in [0.4, 0.5) is 17.5 Å². The summed E-state index contributed by atoms with van der Waals surface area (Å²) in [5.74, 6) is 2.14. The van der Waals surface area contributed by atoms with Crippen LogP contribution in [0.3, 0.4) is 0 Å². The number of nitrogens with one attached hydrogen (secondary N) is 1. The first-order valence-electron chi connectivity index (χ1n) is 8.93. The third-order valence-electron chi connectivity index (χ3n) is 4.84. The summed E-state index contributed by atoms with van der Waals surface area (Å²) in [6.45, 7) is 2.86. The van der Waals surface area contributed by atoms with Crippen molar-refractivity contribution in [2.45, 2.75) is 18.6 Å². The van der Waals surface area contributed by atoms with Crippen LogP contribution >= 0.6 is 0 Å². The van der Waals surface area contributed by atoms with E-state index in [0.717, 1.165) is 37.4 Å². The van der Waals surface area contributed by atoms with Crippen LogP contribution in [-0.2, 0) is 9.47 Å². The summed E-state index contributed by atoms with van der Waals surface area (Å²) in [6.07, 6.45) is 3.17. The Hall–Kier alpha value is -2.65. The standard InChI is InChI=1S/C18H23N5O4/c1-24-13-3-4-14(15(11-13)25-2)20-16-12-19-22-17(21-16)23-7-5-18(6-8-23)26-9-10-27-18/h3-4,11-12H,5-10H2,1-2H3,(H,20,21,22). The lowest BCUT2D eigenvalue weighted by Crippen LogP contribution is -2.45. The highest BCUT2D eigenvalue weighted by atomic mass is 16.7. The quantitative estimate of drug-likeness (QED) is 0.844. The van der Waals surface area contributed by atoms with Crippen molar-refractivity contribution in [3.8, 4) is 11.5 Å². The smallest absolute Gasteiger partial charge is 0.247 e. The Morgan fingerprint density at radius 3 is 2.59 bits per heavy atom. The molecule has 1 aromatic heterocycles. The molecule has 0 aliphatic carbocycles. The van der Waals surface area contributed by atoms with Crippen LogP contribution in [0.1, 0.15) is 12.8 Å². The highest BCUT2D eigenvalue weighted by Gasteiger charge is 2.40. The van der Waals surface area contributed by atoms with E-state index in [2.05, 4.69) is 25.4 Å². The predicted molar refractivity (Wildman–Crippen MR) is 98.7 cm³/mol. The number of ether oxygens (including phenoxy) is 4. The van der Waals surface area contributed by atoms with Crippen LogP contribution in [0.5, 0.6) is 11.5 Å². The Morgan fingerprint density at radius 2 is 1.89 bits per heavy atom. The summed E-state index contributed by atoms with van der Waals surface area (Å²) < 4.78 is 22.2. The summed E-state index contributed by atoms with van der Waals surface area (Å²) in [6, 6.07) is 5.54. The van der Waals surface area contributed by atoms with Crippen LogP contribution in [0.15, 0.2) is 24.4 Å². The van der Waals surface area contributed by atoms with Crippen molar-refractivity contribution in [3.63, 3.8) is 0 Å². The monoisotopic (exact) mass is 373 g/mol. The summed E-state index contributed by atoms with van der Waals surface area (Å²) in [7, 11) is 3.23. The summed E-state index contributed by atoms with van der Waals surface area (Å²) >= 11 is 0. The third-order valence-corrected chi connectivity index (χ3v) is 4.84. The lowest BCUT2D eigenvalue weighted by Gasteiger charge is -2.37. The van der Waals surface area contributed by atoms with E-state index < -0.39 is 5.79 Å². The number of hydrogen-bond donors (Lipinski definition) is 1. The van der Waals surface area contributed by atoms with Gasteiger partial charge in [0.05, 0.1) is 39.3 Å². The second-order valence-electron chi connectivity index (χ2n) is 6.43. The average molecular weight is 373 g/mol. The fourth-order valence-corrected chi connectivity index (χ4v) is 3.36. The lowest BCUT2D eigenvalue weighted by molar-refractivity contribution is -0.169. The lowest BCUT2D eigenvalue weighted by atomic mass is 10.0. The molecule has 1 N–H and O–H groups in total. The van der Waals surface area contributed by atoms with Crippen LogP contribution < -0.4 is 19.7 Å². The molecule has 2 aliphatic rings. The van der Waals surface area contributed by atoms with Gasteiger partial charge < -0.3 is 29.2 Å². The van der Waals surface area contributed by atoms with Gasteiger partial charge in [0.15, 0.2) is 11.6 Å². The summed E-state index contributed by atoms with van der Waals surface area (Å²) in [5, 5.41) is 11.5. The van der Waals surface area contributed by atoms with Crippen molar-refractivity contribution in [2.24, 2.45) is 0 Å². The van der Waals surface area contributed by atoms with E-state index >= 15 is 0 Å². The normalized spacial score (nSPS) is 18.5. The van der Waals surface area contributed by atoms with E-state index in [1.54, 1.807) is 20.4 Å². The molecule has 0 unspecified atom stereocenters. The molecule has 2 saturated heterocycles. The first kappa shape index (κ1) is 17.7. The minimum atomic E-state index is -0.420. The zero-order valence-corrected chi connectivity index (χ0v) is 15.5. The number of rotatable bonds is 5. The highest BCUT2D eigenvalue weighted by molar-refractivity contribution is 5.65. The second-order valence-corrected chi connectivity index (χ2v) is 6.43. The van der Waals surface area contributed by atoms with Gasteiger partial charge in [-0.25, -0.2) is 0 Å². The van der Waals surface area contributed by atoms with Gasteiger partial charge in [-0.15, -0.1) is 5.10 Å². The maximum atomic E-state index is 5.77. The molecule has 9 heteroatoms. The average Bonchev–Trinajstić information content (AvgIpc) is 3.17. The second kappa shape index (κ2) is 7.53.